The van der Waals surface area contributed by atoms with Gasteiger partial charge in [0.1, 0.15) is 5.82 Å². The molecular weight excluding hydrogens is 244 g/mol. The van der Waals surface area contributed by atoms with E-state index in [1.165, 1.54) is 12.1 Å². The molecule has 0 atom stereocenters. The molecule has 1 fully saturated rings. The Bertz CT molecular complexity index is 486. The minimum atomic E-state index is -0.389. The fraction of sp³-hybridized carbons (Fsp3) is 0.615. The standard InChI is InChI=1S/C13H20N4O2/c1-3-13(4-2)7-8-16(9-13)12-10(17(18)19)5-6-11(14)15-12/h5-6H,3-4,7-9H2,1-2H3,(H2,14,15). The van der Waals surface area contributed by atoms with Crippen molar-refractivity contribution in [3.8, 4) is 0 Å². The van der Waals surface area contributed by atoms with Gasteiger partial charge in [-0.1, -0.05) is 13.8 Å². The van der Waals surface area contributed by atoms with Crippen LogP contribution in [0.3, 0.4) is 0 Å². The van der Waals surface area contributed by atoms with Crippen molar-refractivity contribution in [1.29, 1.82) is 0 Å². The van der Waals surface area contributed by atoms with Crippen molar-refractivity contribution in [3.63, 3.8) is 0 Å². The van der Waals surface area contributed by atoms with Crippen LogP contribution in [0.1, 0.15) is 33.1 Å². The van der Waals surface area contributed by atoms with E-state index < -0.39 is 0 Å². The lowest BCUT2D eigenvalue weighted by Crippen LogP contribution is -2.27. The van der Waals surface area contributed by atoms with Gasteiger partial charge in [-0.2, -0.15) is 0 Å². The van der Waals surface area contributed by atoms with Crippen LogP contribution >= 0.6 is 0 Å². The van der Waals surface area contributed by atoms with E-state index in [2.05, 4.69) is 18.8 Å². The first-order valence-electron chi connectivity index (χ1n) is 6.67. The first kappa shape index (κ1) is 13.6. The monoisotopic (exact) mass is 264 g/mol. The molecule has 1 aliphatic rings. The molecule has 1 aromatic heterocycles. The van der Waals surface area contributed by atoms with Gasteiger partial charge >= 0.3 is 5.69 Å². The van der Waals surface area contributed by atoms with Gasteiger partial charge in [-0.25, -0.2) is 4.98 Å². The zero-order valence-corrected chi connectivity index (χ0v) is 11.4. The molecular formula is C13H20N4O2. The van der Waals surface area contributed by atoms with Crippen LogP contribution < -0.4 is 10.6 Å². The molecule has 0 radical (unpaired) electrons. The molecule has 0 aliphatic carbocycles. The molecule has 2 heterocycles. The Morgan fingerprint density at radius 1 is 1.47 bits per heavy atom. The van der Waals surface area contributed by atoms with Crippen molar-refractivity contribution in [2.75, 3.05) is 23.7 Å². The van der Waals surface area contributed by atoms with Gasteiger partial charge in [-0.3, -0.25) is 10.1 Å². The smallest absolute Gasteiger partial charge is 0.311 e. The van der Waals surface area contributed by atoms with Crippen LogP contribution in [0.5, 0.6) is 0 Å². The molecule has 0 spiro atoms. The van der Waals surface area contributed by atoms with Gasteiger partial charge in [0.25, 0.3) is 0 Å². The topological polar surface area (TPSA) is 85.3 Å². The lowest BCUT2D eigenvalue weighted by molar-refractivity contribution is -0.384. The number of nitro groups is 1. The Hall–Kier alpha value is -1.85. The van der Waals surface area contributed by atoms with E-state index in [0.717, 1.165) is 32.4 Å². The molecule has 6 heteroatoms. The number of hydrogen-bond donors (Lipinski definition) is 1. The molecule has 2 N–H and O–H groups in total. The number of anilines is 2. The molecule has 2 rings (SSSR count). The SMILES string of the molecule is CCC1(CC)CCN(c2nc(N)ccc2[N+](=O)[O-])C1. The number of nitrogens with zero attached hydrogens (tertiary/aromatic N) is 3. The minimum Gasteiger partial charge on any atom is -0.384 e. The van der Waals surface area contributed by atoms with Gasteiger partial charge in [0.05, 0.1) is 4.92 Å². The van der Waals surface area contributed by atoms with E-state index in [9.17, 15) is 10.1 Å². The predicted molar refractivity (Wildman–Crippen MR) is 75.1 cm³/mol. The van der Waals surface area contributed by atoms with Crippen LogP contribution in [0.25, 0.3) is 0 Å². The second-order valence-electron chi connectivity index (χ2n) is 5.21. The lowest BCUT2D eigenvalue weighted by Gasteiger charge is -2.26. The normalized spacial score (nSPS) is 17.7. The zero-order valence-electron chi connectivity index (χ0n) is 11.4. The van der Waals surface area contributed by atoms with Gasteiger partial charge < -0.3 is 10.6 Å². The van der Waals surface area contributed by atoms with E-state index in [4.69, 9.17) is 5.73 Å². The Morgan fingerprint density at radius 2 is 2.16 bits per heavy atom. The van der Waals surface area contributed by atoms with E-state index in [-0.39, 0.29) is 16.0 Å². The second kappa shape index (κ2) is 5.03. The molecule has 19 heavy (non-hydrogen) atoms. The average Bonchev–Trinajstić information content (AvgIpc) is 2.83. The molecule has 0 bridgehead atoms. The van der Waals surface area contributed by atoms with Gasteiger partial charge in [0.2, 0.25) is 5.82 Å². The maximum atomic E-state index is 11.1. The average molecular weight is 264 g/mol. The third-order valence-electron chi connectivity index (χ3n) is 4.31. The maximum Gasteiger partial charge on any atom is 0.311 e. The molecule has 0 saturated carbocycles. The zero-order chi connectivity index (χ0) is 14.0. The third kappa shape index (κ3) is 2.47. The fourth-order valence-electron chi connectivity index (χ4n) is 2.77. The lowest BCUT2D eigenvalue weighted by atomic mass is 9.82. The van der Waals surface area contributed by atoms with Crippen molar-refractivity contribution < 1.29 is 4.92 Å². The van der Waals surface area contributed by atoms with Crippen molar-refractivity contribution in [3.05, 3.63) is 22.2 Å². The largest absolute Gasteiger partial charge is 0.384 e. The van der Waals surface area contributed by atoms with Gasteiger partial charge in [-0.05, 0) is 30.7 Å². The third-order valence-corrected chi connectivity index (χ3v) is 4.31. The summed E-state index contributed by atoms with van der Waals surface area (Å²) in [7, 11) is 0. The number of nitrogens with two attached hydrogens (primary N) is 1. The highest BCUT2D eigenvalue weighted by molar-refractivity contribution is 5.61. The van der Waals surface area contributed by atoms with Crippen molar-refractivity contribution in [2.24, 2.45) is 5.41 Å². The molecule has 0 aromatic carbocycles. The summed E-state index contributed by atoms with van der Waals surface area (Å²) in [4.78, 5) is 16.9. The van der Waals surface area contributed by atoms with Gasteiger partial charge in [0, 0.05) is 19.2 Å². The van der Waals surface area contributed by atoms with Crippen LogP contribution in [0, 0.1) is 15.5 Å². The Balaban J connectivity index is 2.33. The molecule has 0 amide bonds. The van der Waals surface area contributed by atoms with Crippen molar-refractivity contribution >= 4 is 17.3 Å². The number of aromatic nitrogens is 1. The highest BCUT2D eigenvalue weighted by Crippen LogP contribution is 2.40. The Kier molecular flexibility index (Phi) is 3.59. The predicted octanol–water partition coefficient (Wildman–Crippen LogP) is 2.59. The molecule has 1 aromatic rings. The summed E-state index contributed by atoms with van der Waals surface area (Å²) in [5, 5.41) is 11.1. The fourth-order valence-corrected chi connectivity index (χ4v) is 2.77. The molecule has 104 valence electrons. The minimum absolute atomic E-state index is 0.0391. The first-order valence-corrected chi connectivity index (χ1v) is 6.67. The summed E-state index contributed by atoms with van der Waals surface area (Å²) in [5.41, 5.74) is 5.96. The summed E-state index contributed by atoms with van der Waals surface area (Å²) in [6.07, 6.45) is 3.21. The molecule has 1 saturated heterocycles. The highest BCUT2D eigenvalue weighted by Gasteiger charge is 2.37. The van der Waals surface area contributed by atoms with Crippen LogP contribution in [0.2, 0.25) is 0 Å². The molecule has 1 aliphatic heterocycles. The van der Waals surface area contributed by atoms with E-state index in [1.54, 1.807) is 0 Å². The van der Waals surface area contributed by atoms with E-state index in [1.807, 2.05) is 4.90 Å². The van der Waals surface area contributed by atoms with Gasteiger partial charge in [-0.15, -0.1) is 0 Å². The quantitative estimate of drug-likeness (QED) is 0.667. The Labute approximate surface area is 112 Å². The van der Waals surface area contributed by atoms with E-state index in [0.29, 0.717) is 11.6 Å². The van der Waals surface area contributed by atoms with Crippen LogP contribution in [0.15, 0.2) is 12.1 Å². The molecule has 0 unspecified atom stereocenters. The maximum absolute atomic E-state index is 11.1. The first-order chi connectivity index (χ1) is 9.01. The van der Waals surface area contributed by atoms with E-state index >= 15 is 0 Å². The highest BCUT2D eigenvalue weighted by atomic mass is 16.6. The summed E-state index contributed by atoms with van der Waals surface area (Å²) >= 11 is 0. The summed E-state index contributed by atoms with van der Waals surface area (Å²) in [5.74, 6) is 0.736. The Morgan fingerprint density at radius 3 is 2.68 bits per heavy atom. The van der Waals surface area contributed by atoms with Crippen molar-refractivity contribution in [2.45, 2.75) is 33.1 Å². The molecule has 6 nitrogen and oxygen atoms in total. The number of pyridine rings is 1. The summed E-state index contributed by atoms with van der Waals surface area (Å²) in [6, 6.07) is 2.92. The van der Waals surface area contributed by atoms with Gasteiger partial charge in [0.15, 0.2) is 0 Å². The summed E-state index contributed by atoms with van der Waals surface area (Å²) in [6.45, 7) is 5.97. The number of rotatable bonds is 4. The number of hydrogen-bond acceptors (Lipinski definition) is 5. The van der Waals surface area contributed by atoms with Crippen LogP contribution in [0.4, 0.5) is 17.3 Å². The summed E-state index contributed by atoms with van der Waals surface area (Å²) < 4.78 is 0. The van der Waals surface area contributed by atoms with Crippen molar-refractivity contribution in [1.82, 2.24) is 4.98 Å². The van der Waals surface area contributed by atoms with Crippen LogP contribution in [-0.4, -0.2) is 23.0 Å². The number of nitrogen functional groups attached to an aromatic ring is 1. The second-order valence-corrected chi connectivity index (χ2v) is 5.21. The van der Waals surface area contributed by atoms with Crippen LogP contribution in [-0.2, 0) is 0 Å².